The van der Waals surface area contributed by atoms with Gasteiger partial charge >= 0.3 is 18.1 Å². The van der Waals surface area contributed by atoms with E-state index in [2.05, 4.69) is 5.32 Å². The van der Waals surface area contributed by atoms with Gasteiger partial charge in [0, 0.05) is 30.6 Å². The monoisotopic (exact) mass is 558 g/mol. The Morgan fingerprint density at radius 1 is 1.08 bits per heavy atom. The van der Waals surface area contributed by atoms with Crippen LogP contribution in [0.3, 0.4) is 0 Å². The minimum Gasteiger partial charge on any atom is -0.493 e. The van der Waals surface area contributed by atoms with E-state index in [0.717, 1.165) is 23.8 Å². The Morgan fingerprint density at radius 2 is 1.84 bits per heavy atom. The van der Waals surface area contributed by atoms with E-state index in [1.54, 1.807) is 12.1 Å². The predicted molar refractivity (Wildman–Crippen MR) is 124 cm³/mol. The molecule has 38 heavy (non-hydrogen) atoms. The summed E-state index contributed by atoms with van der Waals surface area (Å²) in [5.74, 6) is -4.32. The van der Waals surface area contributed by atoms with Crippen LogP contribution in [-0.4, -0.2) is 62.0 Å². The van der Waals surface area contributed by atoms with Crippen molar-refractivity contribution in [2.45, 2.75) is 25.2 Å². The Bertz CT molecular complexity index is 1380. The predicted octanol–water partition coefficient (Wildman–Crippen LogP) is 1.77. The molecule has 0 saturated carbocycles. The maximum Gasteiger partial charge on any atom is 0.472 e. The van der Waals surface area contributed by atoms with E-state index in [9.17, 15) is 40.4 Å². The third-order valence-corrected chi connectivity index (χ3v) is 7.71. The van der Waals surface area contributed by atoms with Crippen LogP contribution in [0, 0.1) is 5.82 Å². The maximum absolute atomic E-state index is 14.6. The molecule has 4 rings (SSSR count). The molecule has 204 valence electrons. The summed E-state index contributed by atoms with van der Waals surface area (Å²) in [7, 11) is -3.41. The number of carbonyl (C=O) groups excluding carboxylic acids is 3. The van der Waals surface area contributed by atoms with Gasteiger partial charge in [-0.3, -0.25) is 20.4 Å². The first-order chi connectivity index (χ1) is 17.8. The number of amides is 4. The van der Waals surface area contributed by atoms with Gasteiger partial charge in [-0.25, -0.2) is 17.6 Å². The molecule has 0 spiro atoms. The van der Waals surface area contributed by atoms with Crippen LogP contribution in [0.2, 0.25) is 0 Å². The minimum atomic E-state index is -5.22. The molecular weight excluding hydrogens is 536 g/mol. The molecule has 3 N–H and O–H groups in total. The van der Waals surface area contributed by atoms with Crippen molar-refractivity contribution in [3.63, 3.8) is 0 Å². The molecular formula is C23H22F4N4O6S. The first-order valence-electron chi connectivity index (χ1n) is 11.3. The van der Waals surface area contributed by atoms with E-state index >= 15 is 0 Å². The van der Waals surface area contributed by atoms with Gasteiger partial charge in [-0.2, -0.15) is 13.2 Å². The summed E-state index contributed by atoms with van der Waals surface area (Å²) in [6, 6.07) is 6.85. The molecule has 2 aliphatic heterocycles. The number of carbonyl (C=O) groups is 3. The number of rotatable bonds is 4. The molecule has 1 unspecified atom stereocenters. The highest BCUT2D eigenvalue weighted by molar-refractivity contribution is 7.91. The van der Waals surface area contributed by atoms with Gasteiger partial charge < -0.3 is 15.0 Å². The molecule has 0 radical (unpaired) electrons. The number of hydrogen-bond acceptors (Lipinski definition) is 6. The number of urea groups is 1. The Morgan fingerprint density at radius 3 is 2.55 bits per heavy atom. The van der Waals surface area contributed by atoms with Crippen LogP contribution in [0.5, 0.6) is 5.75 Å². The summed E-state index contributed by atoms with van der Waals surface area (Å²) in [4.78, 5) is 37.1. The van der Waals surface area contributed by atoms with Gasteiger partial charge in [0.15, 0.2) is 9.84 Å². The number of hydrogen-bond donors (Lipinski definition) is 3. The molecule has 2 aliphatic rings. The molecule has 2 aromatic rings. The number of nitrogens with one attached hydrogen (secondary N) is 3. The zero-order valence-electron chi connectivity index (χ0n) is 19.6. The van der Waals surface area contributed by atoms with E-state index in [1.165, 1.54) is 15.8 Å². The van der Waals surface area contributed by atoms with Crippen LogP contribution in [0.1, 0.15) is 33.1 Å². The number of fused-ring (bicyclic) bond motifs is 1. The second-order valence-electron chi connectivity index (χ2n) is 8.66. The second kappa shape index (κ2) is 10.5. The molecule has 1 atom stereocenters. The van der Waals surface area contributed by atoms with Crippen LogP contribution in [0.25, 0.3) is 0 Å². The average molecular weight is 559 g/mol. The van der Waals surface area contributed by atoms with E-state index in [1.807, 2.05) is 6.07 Å². The molecule has 0 bridgehead atoms. The molecule has 15 heteroatoms. The lowest BCUT2D eigenvalue weighted by atomic mass is 10.0. The highest BCUT2D eigenvalue weighted by atomic mass is 32.2. The third-order valence-electron chi connectivity index (χ3n) is 6.08. The Labute approximate surface area is 214 Å². The van der Waals surface area contributed by atoms with Crippen molar-refractivity contribution < 1.29 is 45.1 Å². The van der Waals surface area contributed by atoms with Crippen molar-refractivity contribution in [3.05, 3.63) is 64.5 Å². The third kappa shape index (κ3) is 6.15. The van der Waals surface area contributed by atoms with Crippen molar-refractivity contribution in [3.8, 4) is 5.75 Å². The number of halogens is 4. The molecule has 0 aliphatic carbocycles. The smallest absolute Gasteiger partial charge is 0.472 e. The zero-order chi connectivity index (χ0) is 27.7. The summed E-state index contributed by atoms with van der Waals surface area (Å²) in [5.41, 5.74) is 3.83. The molecule has 0 aromatic heterocycles. The van der Waals surface area contributed by atoms with Gasteiger partial charge in [-0.15, -0.1) is 0 Å². The molecule has 2 aromatic carbocycles. The van der Waals surface area contributed by atoms with E-state index in [4.69, 9.17) is 4.74 Å². The van der Waals surface area contributed by atoms with Crippen LogP contribution in [-0.2, 0) is 27.6 Å². The summed E-state index contributed by atoms with van der Waals surface area (Å²) in [6.07, 6.45) is -4.55. The van der Waals surface area contributed by atoms with Crippen molar-refractivity contribution in [1.82, 2.24) is 21.1 Å². The number of benzene rings is 2. The SMILES string of the molecule is O=C(NNC(=O)C(F)(F)F)c1ccc(CNC(=O)N2CCS(=O)(=O)CC2c2ccc3c(c2)CCO3)c(F)c1. The summed E-state index contributed by atoms with van der Waals surface area (Å²) in [6.45, 7) is 0.128. The topological polar surface area (TPSA) is 134 Å². The van der Waals surface area contributed by atoms with Gasteiger partial charge in [0.2, 0.25) is 0 Å². The van der Waals surface area contributed by atoms with Gasteiger partial charge in [-0.05, 0) is 35.4 Å². The van der Waals surface area contributed by atoms with Gasteiger partial charge in [0.25, 0.3) is 5.91 Å². The number of sulfone groups is 1. The lowest BCUT2D eigenvalue weighted by Gasteiger charge is -2.36. The van der Waals surface area contributed by atoms with Crippen LogP contribution in [0.15, 0.2) is 36.4 Å². The number of alkyl halides is 3. The largest absolute Gasteiger partial charge is 0.493 e. The fourth-order valence-electron chi connectivity index (χ4n) is 4.10. The average Bonchev–Trinajstić information content (AvgIpc) is 3.33. The molecule has 2 heterocycles. The number of nitrogens with zero attached hydrogens (tertiary/aromatic N) is 1. The Hall–Kier alpha value is -3.88. The zero-order valence-corrected chi connectivity index (χ0v) is 20.4. The lowest BCUT2D eigenvalue weighted by molar-refractivity contribution is -0.174. The fourth-order valence-corrected chi connectivity index (χ4v) is 5.60. The van der Waals surface area contributed by atoms with Crippen molar-refractivity contribution in [2.24, 2.45) is 0 Å². The fraction of sp³-hybridized carbons (Fsp3) is 0.348. The van der Waals surface area contributed by atoms with E-state index in [-0.39, 0.29) is 35.7 Å². The summed E-state index contributed by atoms with van der Waals surface area (Å²) in [5, 5.41) is 2.54. The standard InChI is InChI=1S/C23H22F4N4O6S/c24-17-10-15(20(32)29-30-21(33)23(25,26)27)1-2-16(17)11-28-22(34)31-6-8-38(35,36)12-18(31)13-3-4-19-14(9-13)5-7-37-19/h1-4,9-10,18H,5-8,11-12H2,(H,28,34)(H,29,32)(H,30,33). The molecule has 1 fully saturated rings. The van der Waals surface area contributed by atoms with Gasteiger partial charge in [0.05, 0.1) is 24.2 Å². The van der Waals surface area contributed by atoms with Crippen molar-refractivity contribution in [2.75, 3.05) is 24.7 Å². The molecule has 4 amide bonds. The van der Waals surface area contributed by atoms with Crippen LogP contribution < -0.4 is 20.9 Å². The van der Waals surface area contributed by atoms with Gasteiger partial charge in [-0.1, -0.05) is 12.1 Å². The van der Waals surface area contributed by atoms with Crippen molar-refractivity contribution in [1.29, 1.82) is 0 Å². The Balaban J connectivity index is 1.41. The van der Waals surface area contributed by atoms with Crippen LogP contribution >= 0.6 is 0 Å². The van der Waals surface area contributed by atoms with E-state index < -0.39 is 45.7 Å². The van der Waals surface area contributed by atoms with Crippen molar-refractivity contribution >= 4 is 27.7 Å². The number of hydrazine groups is 1. The van der Waals surface area contributed by atoms with E-state index in [0.29, 0.717) is 24.3 Å². The number of ether oxygens (including phenoxy) is 1. The first-order valence-corrected chi connectivity index (χ1v) is 13.1. The quantitative estimate of drug-likeness (QED) is 0.387. The minimum absolute atomic E-state index is 0.0370. The highest BCUT2D eigenvalue weighted by Crippen LogP contribution is 2.32. The molecule has 10 nitrogen and oxygen atoms in total. The Kier molecular flexibility index (Phi) is 7.49. The summed E-state index contributed by atoms with van der Waals surface area (Å²) < 4.78 is 81.4. The first kappa shape index (κ1) is 27.2. The lowest BCUT2D eigenvalue weighted by Crippen LogP contribution is -2.50. The normalized spacial score (nSPS) is 18.2. The summed E-state index contributed by atoms with van der Waals surface area (Å²) >= 11 is 0. The van der Waals surface area contributed by atoms with Gasteiger partial charge in [0.1, 0.15) is 11.6 Å². The molecule has 1 saturated heterocycles. The second-order valence-corrected chi connectivity index (χ2v) is 10.9. The maximum atomic E-state index is 14.6. The highest BCUT2D eigenvalue weighted by Gasteiger charge is 2.39. The van der Waals surface area contributed by atoms with Crippen LogP contribution in [0.4, 0.5) is 22.4 Å².